The maximum Gasteiger partial charge on any atom is 0.392 e. The average molecular weight is 268 g/mol. The van der Waals surface area contributed by atoms with Gasteiger partial charge in [0, 0.05) is 6.42 Å². The van der Waals surface area contributed by atoms with Crippen LogP contribution in [0.5, 0.6) is 0 Å². The normalized spacial score (nSPS) is 15.2. The highest BCUT2D eigenvalue weighted by atomic mass is 19.4. The lowest BCUT2D eigenvalue weighted by Gasteiger charge is -2.21. The van der Waals surface area contributed by atoms with Crippen molar-refractivity contribution >= 4 is 5.97 Å². The quantitative estimate of drug-likeness (QED) is 0.606. The highest BCUT2D eigenvalue weighted by molar-refractivity contribution is 5.86. The molecule has 1 aromatic heterocycles. The van der Waals surface area contributed by atoms with Crippen molar-refractivity contribution in [2.24, 2.45) is 0 Å². The van der Waals surface area contributed by atoms with Crippen molar-refractivity contribution < 1.29 is 31.5 Å². The van der Waals surface area contributed by atoms with E-state index in [1.807, 2.05) is 0 Å². The number of halogens is 4. The Balaban J connectivity index is 2.35. The molecule has 102 valence electrons. The van der Waals surface area contributed by atoms with Crippen LogP contribution in [0.3, 0.4) is 0 Å². The molecule has 1 atom stereocenters. The first-order chi connectivity index (χ1) is 8.20. The lowest BCUT2D eigenvalue weighted by Crippen LogP contribution is -2.28. The molecule has 1 rings (SSSR count). The van der Waals surface area contributed by atoms with Crippen molar-refractivity contribution in [2.45, 2.75) is 31.6 Å². The molecule has 0 spiro atoms. The molecule has 18 heavy (non-hydrogen) atoms. The van der Waals surface area contributed by atoms with Crippen LogP contribution in [0.25, 0.3) is 0 Å². The predicted molar refractivity (Wildman–Crippen MR) is 53.8 cm³/mol. The fraction of sp³-hybridized carbons (Fsp3) is 0.545. The summed E-state index contributed by atoms with van der Waals surface area (Å²) in [6.07, 6.45) is -5.44. The number of furan rings is 1. The van der Waals surface area contributed by atoms with E-state index in [1.165, 1.54) is 18.4 Å². The van der Waals surface area contributed by atoms with Gasteiger partial charge in [-0.3, -0.25) is 0 Å². The van der Waals surface area contributed by atoms with Crippen LogP contribution in [-0.4, -0.2) is 24.4 Å². The molecule has 0 saturated heterocycles. The zero-order chi connectivity index (χ0) is 13.8. The summed E-state index contributed by atoms with van der Waals surface area (Å²) < 4.78 is 58.7. The third-order valence-electron chi connectivity index (χ3n) is 2.15. The van der Waals surface area contributed by atoms with Gasteiger partial charge in [-0.05, 0) is 19.1 Å². The number of hydrogen-bond donors (Lipinski definition) is 0. The fourth-order valence-electron chi connectivity index (χ4n) is 1.33. The van der Waals surface area contributed by atoms with E-state index in [2.05, 4.69) is 4.74 Å². The lowest BCUT2D eigenvalue weighted by atomic mass is 10.0. The van der Waals surface area contributed by atoms with Crippen LogP contribution in [0, 0.1) is 0 Å². The van der Waals surface area contributed by atoms with Gasteiger partial charge in [-0.2, -0.15) is 13.2 Å². The van der Waals surface area contributed by atoms with Crippen LogP contribution >= 0.6 is 0 Å². The topological polar surface area (TPSA) is 39.4 Å². The molecule has 0 amide bonds. The van der Waals surface area contributed by atoms with Crippen LogP contribution in [0.2, 0.25) is 0 Å². The number of ether oxygens (including phenoxy) is 1. The van der Waals surface area contributed by atoms with E-state index >= 15 is 0 Å². The fourth-order valence-corrected chi connectivity index (χ4v) is 1.33. The number of hydrogen-bond acceptors (Lipinski definition) is 3. The Morgan fingerprint density at radius 3 is 2.56 bits per heavy atom. The van der Waals surface area contributed by atoms with Crippen LogP contribution < -0.4 is 0 Å². The van der Waals surface area contributed by atoms with E-state index in [4.69, 9.17) is 4.42 Å². The molecule has 0 radical (unpaired) electrons. The second-order valence-corrected chi connectivity index (χ2v) is 4.07. The van der Waals surface area contributed by atoms with Gasteiger partial charge in [-0.25, -0.2) is 9.18 Å². The van der Waals surface area contributed by atoms with Gasteiger partial charge in [0.2, 0.25) is 5.76 Å². The molecular weight excluding hydrogens is 256 g/mol. The summed E-state index contributed by atoms with van der Waals surface area (Å²) in [5, 5.41) is 0. The minimum absolute atomic E-state index is 0.0774. The zero-order valence-electron chi connectivity index (χ0n) is 9.59. The van der Waals surface area contributed by atoms with Crippen molar-refractivity contribution in [1.82, 2.24) is 0 Å². The van der Waals surface area contributed by atoms with Gasteiger partial charge in [-0.15, -0.1) is 0 Å². The summed E-state index contributed by atoms with van der Waals surface area (Å²) in [7, 11) is 0. The van der Waals surface area contributed by atoms with Crippen molar-refractivity contribution in [2.75, 3.05) is 6.61 Å². The minimum Gasteiger partial charge on any atom is -0.460 e. The van der Waals surface area contributed by atoms with Gasteiger partial charge < -0.3 is 9.15 Å². The predicted octanol–water partition coefficient (Wildman–Crippen LogP) is 3.51. The largest absolute Gasteiger partial charge is 0.460 e. The Hall–Kier alpha value is -1.53. The molecule has 0 aliphatic rings. The average Bonchev–Trinajstić information content (AvgIpc) is 2.65. The minimum atomic E-state index is -4.59. The van der Waals surface area contributed by atoms with E-state index in [1.54, 1.807) is 0 Å². The maximum atomic E-state index is 13.4. The molecule has 0 fully saturated rings. The first-order valence-corrected chi connectivity index (χ1v) is 5.16. The lowest BCUT2D eigenvalue weighted by molar-refractivity contribution is -0.161. The van der Waals surface area contributed by atoms with Gasteiger partial charge in [0.25, 0.3) is 0 Å². The third-order valence-corrected chi connectivity index (χ3v) is 2.15. The molecule has 0 aliphatic carbocycles. The Morgan fingerprint density at radius 2 is 2.06 bits per heavy atom. The molecular formula is C11H12F4O3. The first-order valence-electron chi connectivity index (χ1n) is 5.16. The molecule has 0 aromatic carbocycles. The molecule has 0 aliphatic heterocycles. The van der Waals surface area contributed by atoms with E-state index < -0.39 is 37.3 Å². The first kappa shape index (κ1) is 14.5. The Labute approximate surface area is 101 Å². The van der Waals surface area contributed by atoms with Crippen LogP contribution in [0.1, 0.15) is 30.3 Å². The summed E-state index contributed by atoms with van der Waals surface area (Å²) >= 11 is 0. The van der Waals surface area contributed by atoms with Gasteiger partial charge >= 0.3 is 12.1 Å². The van der Waals surface area contributed by atoms with E-state index in [9.17, 15) is 22.4 Å². The van der Waals surface area contributed by atoms with Crippen LogP contribution in [0.4, 0.5) is 17.6 Å². The Bertz CT molecular complexity index is 381. The number of carbonyl (C=O) groups is 1. The second-order valence-electron chi connectivity index (χ2n) is 4.07. The van der Waals surface area contributed by atoms with E-state index in [-0.39, 0.29) is 5.76 Å². The van der Waals surface area contributed by atoms with Crippen molar-refractivity contribution in [1.29, 1.82) is 0 Å². The molecule has 0 bridgehead atoms. The summed E-state index contributed by atoms with van der Waals surface area (Å²) in [5.74, 6) is -0.908. The second kappa shape index (κ2) is 5.41. The highest BCUT2D eigenvalue weighted by Crippen LogP contribution is 2.32. The van der Waals surface area contributed by atoms with E-state index in [0.717, 1.165) is 6.92 Å². The number of rotatable bonds is 5. The van der Waals surface area contributed by atoms with Crippen molar-refractivity contribution in [3.8, 4) is 0 Å². The summed E-state index contributed by atoms with van der Waals surface area (Å²) in [6, 6.07) is 2.80. The third kappa shape index (κ3) is 5.20. The van der Waals surface area contributed by atoms with Gasteiger partial charge in [0.05, 0.1) is 19.3 Å². The summed E-state index contributed by atoms with van der Waals surface area (Å²) in [4.78, 5) is 11.2. The molecule has 0 N–H and O–H groups in total. The van der Waals surface area contributed by atoms with Gasteiger partial charge in [-0.1, -0.05) is 0 Å². The number of alkyl halides is 4. The van der Waals surface area contributed by atoms with Crippen LogP contribution in [0.15, 0.2) is 22.8 Å². The maximum absolute atomic E-state index is 13.4. The number of esters is 1. The number of carbonyl (C=O) groups excluding carboxylic acids is 1. The molecule has 1 heterocycles. The Kier molecular flexibility index (Phi) is 4.37. The van der Waals surface area contributed by atoms with E-state index in [0.29, 0.717) is 0 Å². The highest BCUT2D eigenvalue weighted by Gasteiger charge is 2.39. The molecule has 0 saturated carbocycles. The smallest absolute Gasteiger partial charge is 0.392 e. The summed E-state index contributed by atoms with van der Waals surface area (Å²) in [6.45, 7) is 0.379. The van der Waals surface area contributed by atoms with Gasteiger partial charge in [0.1, 0.15) is 5.67 Å². The monoisotopic (exact) mass is 268 g/mol. The molecule has 1 unspecified atom stereocenters. The van der Waals surface area contributed by atoms with Crippen LogP contribution in [-0.2, 0) is 4.74 Å². The standard InChI is InChI=1S/C11H12F4O3/c1-10(12,7-11(13,14)15)4-6-18-9(16)8-3-2-5-17-8/h2-3,5H,4,6-7H2,1H3. The Morgan fingerprint density at radius 1 is 1.39 bits per heavy atom. The van der Waals surface area contributed by atoms with Crippen molar-refractivity contribution in [3.63, 3.8) is 0 Å². The molecule has 1 aromatic rings. The molecule has 7 heteroatoms. The van der Waals surface area contributed by atoms with Crippen molar-refractivity contribution in [3.05, 3.63) is 24.2 Å². The molecule has 3 nitrogen and oxygen atoms in total. The SMILES string of the molecule is CC(F)(CCOC(=O)c1ccco1)CC(F)(F)F. The zero-order valence-corrected chi connectivity index (χ0v) is 9.59. The van der Waals surface area contributed by atoms with Gasteiger partial charge in [0.15, 0.2) is 0 Å². The summed E-state index contributed by atoms with van der Waals surface area (Å²) in [5.41, 5.74) is -2.46.